The van der Waals surface area contributed by atoms with Crippen molar-refractivity contribution in [1.82, 2.24) is 0 Å². The molecule has 0 bridgehead atoms. The van der Waals surface area contributed by atoms with Gasteiger partial charge in [0.1, 0.15) is 5.75 Å². The van der Waals surface area contributed by atoms with Crippen molar-refractivity contribution in [3.63, 3.8) is 0 Å². The SMILES string of the molecule is COc1cc2c(cc1Br)C(N)CC2.Cl. The van der Waals surface area contributed by atoms with Gasteiger partial charge in [-0.2, -0.15) is 0 Å². The lowest BCUT2D eigenvalue weighted by Gasteiger charge is -2.08. The number of nitrogens with two attached hydrogens (primary N) is 1. The fourth-order valence-electron chi connectivity index (χ4n) is 1.80. The van der Waals surface area contributed by atoms with Crippen molar-refractivity contribution >= 4 is 28.3 Å². The Kier molecular flexibility index (Phi) is 3.81. The van der Waals surface area contributed by atoms with Crippen LogP contribution < -0.4 is 10.5 Å². The fourth-order valence-corrected chi connectivity index (χ4v) is 2.32. The van der Waals surface area contributed by atoms with Gasteiger partial charge in [0.15, 0.2) is 0 Å². The zero-order chi connectivity index (χ0) is 9.42. The van der Waals surface area contributed by atoms with Crippen molar-refractivity contribution in [1.29, 1.82) is 0 Å². The van der Waals surface area contributed by atoms with Gasteiger partial charge in [0, 0.05) is 6.04 Å². The van der Waals surface area contributed by atoms with Crippen LogP contribution >= 0.6 is 28.3 Å². The summed E-state index contributed by atoms with van der Waals surface area (Å²) in [6.45, 7) is 0. The third-order valence-electron chi connectivity index (χ3n) is 2.54. The molecule has 0 saturated carbocycles. The van der Waals surface area contributed by atoms with Crippen molar-refractivity contribution in [2.24, 2.45) is 5.73 Å². The van der Waals surface area contributed by atoms with E-state index < -0.39 is 0 Å². The molecule has 0 aromatic heterocycles. The average Bonchev–Trinajstić information content (AvgIpc) is 2.47. The maximum atomic E-state index is 5.95. The van der Waals surface area contributed by atoms with E-state index in [0.717, 1.165) is 23.1 Å². The number of rotatable bonds is 1. The van der Waals surface area contributed by atoms with Crippen LogP contribution in [0.4, 0.5) is 0 Å². The van der Waals surface area contributed by atoms with E-state index in [2.05, 4.69) is 28.1 Å². The normalized spacial score (nSPS) is 18.6. The summed E-state index contributed by atoms with van der Waals surface area (Å²) >= 11 is 3.46. The Labute approximate surface area is 98.4 Å². The first kappa shape index (κ1) is 11.8. The minimum atomic E-state index is 0. The van der Waals surface area contributed by atoms with Crippen LogP contribution in [0.25, 0.3) is 0 Å². The molecule has 1 aliphatic carbocycles. The van der Waals surface area contributed by atoms with Gasteiger partial charge in [0.05, 0.1) is 11.6 Å². The Hall–Kier alpha value is -0.250. The number of methoxy groups -OCH3 is 1. The van der Waals surface area contributed by atoms with Gasteiger partial charge in [-0.1, -0.05) is 0 Å². The minimum Gasteiger partial charge on any atom is -0.496 e. The molecular formula is C10H13BrClNO. The summed E-state index contributed by atoms with van der Waals surface area (Å²) in [5.74, 6) is 0.896. The molecule has 0 heterocycles. The van der Waals surface area contributed by atoms with E-state index in [0.29, 0.717) is 0 Å². The number of aryl methyl sites for hydroxylation is 1. The summed E-state index contributed by atoms with van der Waals surface area (Å²) in [5, 5.41) is 0. The van der Waals surface area contributed by atoms with Crippen LogP contribution in [0.1, 0.15) is 23.6 Å². The van der Waals surface area contributed by atoms with Crippen LogP contribution in [0, 0.1) is 0 Å². The zero-order valence-corrected chi connectivity index (χ0v) is 10.3. The third kappa shape index (κ3) is 1.90. The molecule has 0 aliphatic heterocycles. The van der Waals surface area contributed by atoms with Crippen molar-refractivity contribution in [3.05, 3.63) is 27.7 Å². The Morgan fingerprint density at radius 1 is 1.50 bits per heavy atom. The van der Waals surface area contributed by atoms with Gasteiger partial charge in [-0.3, -0.25) is 0 Å². The number of fused-ring (bicyclic) bond motifs is 1. The number of benzene rings is 1. The first-order valence-electron chi connectivity index (χ1n) is 4.34. The molecular weight excluding hydrogens is 265 g/mol. The predicted octanol–water partition coefficient (Wildman–Crippen LogP) is 2.83. The molecule has 0 fully saturated rings. The van der Waals surface area contributed by atoms with E-state index in [1.54, 1.807) is 7.11 Å². The van der Waals surface area contributed by atoms with Crippen molar-refractivity contribution < 1.29 is 4.74 Å². The van der Waals surface area contributed by atoms with Crippen LogP contribution in [-0.2, 0) is 6.42 Å². The highest BCUT2D eigenvalue weighted by molar-refractivity contribution is 9.10. The van der Waals surface area contributed by atoms with E-state index in [-0.39, 0.29) is 18.4 Å². The molecule has 1 aliphatic rings. The van der Waals surface area contributed by atoms with Gasteiger partial charge in [-0.15, -0.1) is 12.4 Å². The van der Waals surface area contributed by atoms with Gasteiger partial charge < -0.3 is 10.5 Å². The van der Waals surface area contributed by atoms with Gasteiger partial charge >= 0.3 is 0 Å². The van der Waals surface area contributed by atoms with Gasteiger partial charge in [0.25, 0.3) is 0 Å². The van der Waals surface area contributed by atoms with Crippen LogP contribution in [0.5, 0.6) is 5.75 Å². The van der Waals surface area contributed by atoms with Crippen LogP contribution in [-0.4, -0.2) is 7.11 Å². The van der Waals surface area contributed by atoms with Crippen molar-refractivity contribution in [3.8, 4) is 5.75 Å². The van der Waals surface area contributed by atoms with Crippen LogP contribution in [0.2, 0.25) is 0 Å². The predicted molar refractivity (Wildman–Crippen MR) is 63.2 cm³/mol. The Morgan fingerprint density at radius 2 is 2.21 bits per heavy atom. The molecule has 0 spiro atoms. The van der Waals surface area contributed by atoms with E-state index in [4.69, 9.17) is 10.5 Å². The Morgan fingerprint density at radius 3 is 2.86 bits per heavy atom. The minimum absolute atomic E-state index is 0. The Balaban J connectivity index is 0.000000980. The average molecular weight is 279 g/mol. The monoisotopic (exact) mass is 277 g/mol. The smallest absolute Gasteiger partial charge is 0.133 e. The largest absolute Gasteiger partial charge is 0.496 e. The first-order chi connectivity index (χ1) is 6.22. The molecule has 1 aromatic carbocycles. The topological polar surface area (TPSA) is 35.2 Å². The fraction of sp³-hybridized carbons (Fsp3) is 0.400. The molecule has 0 saturated heterocycles. The molecule has 2 nitrogen and oxygen atoms in total. The maximum absolute atomic E-state index is 5.95. The summed E-state index contributed by atoms with van der Waals surface area (Å²) in [4.78, 5) is 0. The summed E-state index contributed by atoms with van der Waals surface area (Å²) in [7, 11) is 1.68. The van der Waals surface area contributed by atoms with Crippen molar-refractivity contribution in [2.45, 2.75) is 18.9 Å². The maximum Gasteiger partial charge on any atom is 0.133 e. The standard InChI is InChI=1S/C10H12BrNO.ClH/c1-13-10-4-6-2-3-9(12)7(6)5-8(10)11;/h4-5,9H,2-3,12H2,1H3;1H. The van der Waals surface area contributed by atoms with E-state index in [9.17, 15) is 0 Å². The zero-order valence-electron chi connectivity index (χ0n) is 7.92. The summed E-state index contributed by atoms with van der Waals surface area (Å²) < 4.78 is 6.21. The van der Waals surface area contributed by atoms with Crippen LogP contribution in [0.15, 0.2) is 16.6 Å². The third-order valence-corrected chi connectivity index (χ3v) is 3.16. The molecule has 14 heavy (non-hydrogen) atoms. The summed E-state index contributed by atoms with van der Waals surface area (Å²) in [6, 6.07) is 4.36. The Bertz CT molecular complexity index is 343. The molecule has 1 aromatic rings. The highest BCUT2D eigenvalue weighted by Gasteiger charge is 2.20. The quantitative estimate of drug-likeness (QED) is 0.857. The summed E-state index contributed by atoms with van der Waals surface area (Å²) in [5.41, 5.74) is 8.53. The van der Waals surface area contributed by atoms with E-state index in [1.807, 2.05) is 0 Å². The van der Waals surface area contributed by atoms with Gasteiger partial charge in [0.2, 0.25) is 0 Å². The summed E-state index contributed by atoms with van der Waals surface area (Å²) in [6.07, 6.45) is 2.12. The second-order valence-electron chi connectivity index (χ2n) is 3.33. The second-order valence-corrected chi connectivity index (χ2v) is 4.19. The lowest BCUT2D eigenvalue weighted by Crippen LogP contribution is -2.05. The molecule has 4 heteroatoms. The number of ether oxygens (including phenoxy) is 1. The molecule has 2 N–H and O–H groups in total. The molecule has 1 atom stereocenters. The number of halogens is 2. The molecule has 0 amide bonds. The van der Waals surface area contributed by atoms with Crippen LogP contribution in [0.3, 0.4) is 0 Å². The van der Waals surface area contributed by atoms with Crippen molar-refractivity contribution in [2.75, 3.05) is 7.11 Å². The number of hydrogen-bond donors (Lipinski definition) is 1. The highest BCUT2D eigenvalue weighted by Crippen LogP contribution is 2.36. The lowest BCUT2D eigenvalue weighted by molar-refractivity contribution is 0.411. The van der Waals surface area contributed by atoms with E-state index in [1.165, 1.54) is 11.1 Å². The molecule has 78 valence electrons. The number of hydrogen-bond acceptors (Lipinski definition) is 2. The highest BCUT2D eigenvalue weighted by atomic mass is 79.9. The van der Waals surface area contributed by atoms with E-state index >= 15 is 0 Å². The lowest BCUT2D eigenvalue weighted by atomic mass is 10.1. The first-order valence-corrected chi connectivity index (χ1v) is 5.13. The molecule has 2 rings (SSSR count). The second kappa shape index (κ2) is 4.51. The van der Waals surface area contributed by atoms with Gasteiger partial charge in [-0.25, -0.2) is 0 Å². The molecule has 1 unspecified atom stereocenters. The molecule has 0 radical (unpaired) electrons. The van der Waals surface area contributed by atoms with Gasteiger partial charge in [-0.05, 0) is 52.0 Å².